The van der Waals surface area contributed by atoms with E-state index in [-0.39, 0.29) is 5.91 Å². The monoisotopic (exact) mass is 507 g/mol. The molecule has 0 radical (unpaired) electrons. The Hall–Kier alpha value is -3.89. The first-order valence-corrected chi connectivity index (χ1v) is 11.9. The van der Waals surface area contributed by atoms with E-state index in [2.05, 4.69) is 25.2 Å². The fourth-order valence-corrected chi connectivity index (χ4v) is 4.47. The van der Waals surface area contributed by atoms with Crippen LogP contribution >= 0.6 is 11.6 Å². The predicted molar refractivity (Wildman–Crippen MR) is 138 cm³/mol. The zero-order chi connectivity index (χ0) is 25.2. The molecule has 5 rings (SSSR count). The zero-order valence-corrected chi connectivity index (χ0v) is 20.7. The third kappa shape index (κ3) is 4.65. The van der Waals surface area contributed by atoms with Gasteiger partial charge in [0.15, 0.2) is 0 Å². The zero-order valence-electron chi connectivity index (χ0n) is 20.0. The first-order chi connectivity index (χ1) is 17.5. The summed E-state index contributed by atoms with van der Waals surface area (Å²) in [6.45, 7) is 4.02. The van der Waals surface area contributed by atoms with Crippen molar-refractivity contribution in [3.05, 3.63) is 59.5 Å². The Morgan fingerprint density at radius 1 is 1.14 bits per heavy atom. The Labute approximate surface area is 213 Å². The van der Waals surface area contributed by atoms with Gasteiger partial charge < -0.3 is 25.0 Å². The number of nitrogens with zero attached hydrogens (tertiary/aromatic N) is 6. The molecule has 0 unspecified atom stereocenters. The van der Waals surface area contributed by atoms with Crippen LogP contribution in [0.4, 0.5) is 17.3 Å². The second-order valence-electron chi connectivity index (χ2n) is 8.50. The number of nitrogens with one attached hydrogen (secondary N) is 1. The number of aliphatic hydroxyl groups is 1. The summed E-state index contributed by atoms with van der Waals surface area (Å²) in [4.78, 5) is 29.1. The van der Waals surface area contributed by atoms with Gasteiger partial charge in [-0.1, -0.05) is 11.6 Å². The van der Waals surface area contributed by atoms with Crippen LogP contribution in [0.5, 0.6) is 5.75 Å². The van der Waals surface area contributed by atoms with Crippen LogP contribution in [0.15, 0.2) is 48.9 Å². The average molecular weight is 508 g/mol. The lowest BCUT2D eigenvalue weighted by atomic mass is 10.2. The number of carbonyl (C=O) groups is 1. The molecule has 4 heterocycles. The van der Waals surface area contributed by atoms with E-state index in [0.717, 1.165) is 22.6 Å². The minimum absolute atomic E-state index is 0.242. The van der Waals surface area contributed by atoms with Crippen LogP contribution < -0.4 is 15.0 Å². The number of pyridine rings is 1. The van der Waals surface area contributed by atoms with Gasteiger partial charge in [0.2, 0.25) is 11.9 Å². The van der Waals surface area contributed by atoms with Crippen LogP contribution in [-0.4, -0.2) is 75.2 Å². The molecular formula is C25H26ClN7O3. The number of aromatic nitrogens is 4. The number of benzene rings is 1. The highest BCUT2D eigenvalue weighted by Crippen LogP contribution is 2.33. The maximum absolute atomic E-state index is 11.7. The Balaban J connectivity index is 1.37. The quantitative estimate of drug-likeness (QED) is 0.410. The molecule has 2 N–H and O–H groups in total. The first-order valence-electron chi connectivity index (χ1n) is 11.5. The molecule has 1 aromatic carbocycles. The number of methoxy groups -OCH3 is 1. The highest BCUT2D eigenvalue weighted by molar-refractivity contribution is 6.32. The fourth-order valence-electron chi connectivity index (χ4n) is 4.28. The van der Waals surface area contributed by atoms with E-state index < -0.39 is 6.61 Å². The van der Waals surface area contributed by atoms with Gasteiger partial charge in [0, 0.05) is 44.1 Å². The lowest BCUT2D eigenvalue weighted by Crippen LogP contribution is -2.49. The molecule has 0 bridgehead atoms. The maximum Gasteiger partial charge on any atom is 0.248 e. The van der Waals surface area contributed by atoms with Crippen molar-refractivity contribution < 1.29 is 14.6 Å². The van der Waals surface area contributed by atoms with Gasteiger partial charge >= 0.3 is 0 Å². The number of aliphatic hydroxyl groups excluding tert-OH is 1. The highest BCUT2D eigenvalue weighted by Gasteiger charge is 2.21. The third-order valence-electron chi connectivity index (χ3n) is 6.22. The second kappa shape index (κ2) is 10.00. The van der Waals surface area contributed by atoms with Crippen molar-refractivity contribution in [2.45, 2.75) is 6.92 Å². The topological polar surface area (TPSA) is 108 Å². The summed E-state index contributed by atoms with van der Waals surface area (Å²) in [6, 6.07) is 9.83. The molecule has 1 saturated heterocycles. The van der Waals surface area contributed by atoms with Crippen molar-refractivity contribution in [1.29, 1.82) is 0 Å². The number of hydrogen-bond acceptors (Lipinski definition) is 8. The van der Waals surface area contributed by atoms with E-state index in [4.69, 9.17) is 21.4 Å². The summed E-state index contributed by atoms with van der Waals surface area (Å²) in [5.74, 6) is 0.763. The minimum Gasteiger partial charge on any atom is -0.494 e. The van der Waals surface area contributed by atoms with Gasteiger partial charge in [-0.2, -0.15) is 0 Å². The van der Waals surface area contributed by atoms with Gasteiger partial charge in [0.1, 0.15) is 23.7 Å². The van der Waals surface area contributed by atoms with Crippen LogP contribution in [0.1, 0.15) is 5.56 Å². The van der Waals surface area contributed by atoms with E-state index in [1.807, 2.05) is 47.9 Å². The molecular weight excluding hydrogens is 482 g/mol. The third-order valence-corrected chi connectivity index (χ3v) is 6.50. The molecule has 1 amide bonds. The number of imidazole rings is 1. The van der Waals surface area contributed by atoms with Gasteiger partial charge in [-0.3, -0.25) is 9.20 Å². The van der Waals surface area contributed by atoms with Crippen molar-refractivity contribution in [2.75, 3.05) is 50.1 Å². The lowest BCUT2D eigenvalue weighted by Gasteiger charge is -2.36. The molecule has 11 heteroatoms. The molecule has 0 aliphatic carbocycles. The Kier molecular flexibility index (Phi) is 6.62. The summed E-state index contributed by atoms with van der Waals surface area (Å²) in [6.07, 6.45) is 5.25. The summed E-state index contributed by atoms with van der Waals surface area (Å²) in [5.41, 5.74) is 4.95. The Morgan fingerprint density at radius 3 is 2.69 bits per heavy atom. The van der Waals surface area contributed by atoms with E-state index in [1.165, 1.54) is 0 Å². The molecule has 4 aromatic rings. The minimum atomic E-state index is -0.459. The largest absolute Gasteiger partial charge is 0.494 e. The number of anilines is 3. The number of carbonyl (C=O) groups excluding carboxylic acids is 1. The van der Waals surface area contributed by atoms with Crippen LogP contribution in [0, 0.1) is 6.92 Å². The number of fused-ring (bicyclic) bond motifs is 1. The number of aryl methyl sites for hydroxylation is 1. The normalized spacial score (nSPS) is 13.8. The van der Waals surface area contributed by atoms with Crippen molar-refractivity contribution in [3.63, 3.8) is 0 Å². The number of halogens is 1. The van der Waals surface area contributed by atoms with E-state index in [9.17, 15) is 4.79 Å². The number of piperazine rings is 1. The predicted octanol–water partition coefficient (Wildman–Crippen LogP) is 3.15. The molecule has 10 nitrogen and oxygen atoms in total. The van der Waals surface area contributed by atoms with E-state index >= 15 is 0 Å². The second-order valence-corrected chi connectivity index (χ2v) is 8.91. The van der Waals surface area contributed by atoms with Crippen molar-refractivity contribution in [1.82, 2.24) is 24.3 Å². The standard InChI is InChI=1S/C25H26ClN7O3/c1-16-5-6-33-20(14-27-22(33)11-16)24-18(26)13-28-25(30-24)29-19-4-3-17(12-21(19)36-2)31-7-9-32(10-8-31)23(35)15-34/h3-6,11-14,34H,7-10,15H2,1-2H3,(H,28,29,30). The van der Waals surface area contributed by atoms with Gasteiger partial charge in [-0.25, -0.2) is 15.0 Å². The van der Waals surface area contributed by atoms with Crippen LogP contribution in [0.2, 0.25) is 5.02 Å². The summed E-state index contributed by atoms with van der Waals surface area (Å²) in [7, 11) is 1.61. The van der Waals surface area contributed by atoms with Gasteiger partial charge in [0.25, 0.3) is 0 Å². The number of ether oxygens (including phenoxy) is 1. The van der Waals surface area contributed by atoms with Crippen LogP contribution in [-0.2, 0) is 4.79 Å². The van der Waals surface area contributed by atoms with Crippen LogP contribution in [0.25, 0.3) is 17.0 Å². The summed E-state index contributed by atoms with van der Waals surface area (Å²) in [5, 5.41) is 12.7. The highest BCUT2D eigenvalue weighted by atomic mass is 35.5. The van der Waals surface area contributed by atoms with Gasteiger partial charge in [-0.15, -0.1) is 0 Å². The number of rotatable bonds is 6. The van der Waals surface area contributed by atoms with Crippen molar-refractivity contribution in [2.24, 2.45) is 0 Å². The van der Waals surface area contributed by atoms with E-state index in [1.54, 1.807) is 24.4 Å². The van der Waals surface area contributed by atoms with Crippen LogP contribution in [0.3, 0.4) is 0 Å². The summed E-state index contributed by atoms with van der Waals surface area (Å²) >= 11 is 6.46. The number of hydrogen-bond donors (Lipinski definition) is 2. The molecule has 1 aliphatic heterocycles. The molecule has 0 atom stereocenters. The Bertz CT molecular complexity index is 1420. The lowest BCUT2D eigenvalue weighted by molar-refractivity contribution is -0.134. The average Bonchev–Trinajstić information content (AvgIpc) is 3.32. The first kappa shape index (κ1) is 23.8. The van der Waals surface area contributed by atoms with E-state index in [0.29, 0.717) is 54.3 Å². The summed E-state index contributed by atoms with van der Waals surface area (Å²) < 4.78 is 7.58. The molecule has 186 valence electrons. The molecule has 1 fully saturated rings. The Morgan fingerprint density at radius 2 is 1.94 bits per heavy atom. The SMILES string of the molecule is COc1cc(N2CCN(C(=O)CO)CC2)ccc1Nc1ncc(Cl)c(-c2cnc3cc(C)ccn23)n1. The number of amides is 1. The fraction of sp³-hybridized carbons (Fsp3) is 0.280. The smallest absolute Gasteiger partial charge is 0.248 e. The molecule has 0 saturated carbocycles. The molecule has 36 heavy (non-hydrogen) atoms. The maximum atomic E-state index is 11.7. The molecule has 1 aliphatic rings. The molecule has 0 spiro atoms. The van der Waals surface area contributed by atoms with Crippen molar-refractivity contribution >= 4 is 40.5 Å². The van der Waals surface area contributed by atoms with Gasteiger partial charge in [0.05, 0.1) is 35.9 Å². The van der Waals surface area contributed by atoms with Gasteiger partial charge in [-0.05, 0) is 36.8 Å². The molecule has 3 aromatic heterocycles. The van der Waals surface area contributed by atoms with Crippen molar-refractivity contribution in [3.8, 4) is 17.1 Å².